The lowest BCUT2D eigenvalue weighted by molar-refractivity contribution is 0.368. The van der Waals surface area contributed by atoms with Crippen molar-refractivity contribution in [1.82, 2.24) is 0 Å². The van der Waals surface area contributed by atoms with Gasteiger partial charge in [-0.05, 0) is 20.4 Å². The predicted octanol–water partition coefficient (Wildman–Crippen LogP) is 7.55. The molecule has 0 amide bonds. The third-order valence-electron chi connectivity index (χ3n) is 5.00. The molecular weight excluding hydrogens is 418 g/mol. The van der Waals surface area contributed by atoms with E-state index in [-0.39, 0.29) is 5.16 Å². The highest BCUT2D eigenvalue weighted by atomic mass is 31.0. The molecule has 0 heterocycles. The van der Waals surface area contributed by atoms with Crippen molar-refractivity contribution >= 4 is 16.5 Å². The van der Waals surface area contributed by atoms with Crippen LogP contribution in [0.3, 0.4) is 0 Å². The van der Waals surface area contributed by atoms with E-state index < -0.39 is 7.25 Å². The van der Waals surface area contributed by atoms with Gasteiger partial charge in [-0.2, -0.15) is 0 Å². The Morgan fingerprint density at radius 2 is 0.871 bits per heavy atom. The van der Waals surface area contributed by atoms with E-state index in [4.69, 9.17) is 0 Å². The van der Waals surface area contributed by atoms with Gasteiger partial charge >= 0.3 is 7.25 Å². The van der Waals surface area contributed by atoms with Crippen LogP contribution in [0.4, 0.5) is 17.3 Å². The van der Waals surface area contributed by atoms with Gasteiger partial charge in [0, 0.05) is 16.7 Å². The average molecular weight is 440 g/mol. The lowest BCUT2D eigenvalue weighted by Gasteiger charge is -2.29. The summed E-state index contributed by atoms with van der Waals surface area (Å²) in [5.41, 5.74) is 6.50. The summed E-state index contributed by atoms with van der Waals surface area (Å²) in [5.74, 6) is 0. The third-order valence-corrected chi connectivity index (χ3v) is 6.20. The fraction of sp³-hybridized carbons (Fsp3) is 0.0400. The van der Waals surface area contributed by atoms with Crippen LogP contribution in [0.5, 0.6) is 0 Å². The topological polar surface area (TPSA) is 0 Å². The van der Waals surface area contributed by atoms with Crippen LogP contribution in [-0.4, -0.2) is 7.25 Å². The molecule has 4 aromatic carbocycles. The Morgan fingerprint density at radius 3 is 1.32 bits per heavy atom. The number of rotatable bonds is 4. The summed E-state index contributed by atoms with van der Waals surface area (Å²) in [4.78, 5) is 0. The number of benzene rings is 4. The normalized spacial score (nSPS) is 11.5. The Labute approximate surface area is 182 Å². The monoisotopic (exact) mass is 440 g/mol. The molecule has 0 aliphatic rings. The van der Waals surface area contributed by atoms with E-state index in [0.29, 0.717) is 0 Å². The molecule has 0 saturated carbocycles. The molecule has 0 aliphatic carbocycles. The largest absolute Gasteiger partial charge is 0.673 e. The van der Waals surface area contributed by atoms with Crippen LogP contribution in [0, 0.1) is 0 Å². The molecule has 0 spiro atoms. The molecule has 4 aromatic rings. The first kappa shape index (κ1) is 22.8. The molecular formula is C25H22BF4P. The summed E-state index contributed by atoms with van der Waals surface area (Å²) in [5, 5.41) is -0.199. The lowest BCUT2D eigenvalue weighted by atomic mass is 9.80. The first-order valence-corrected chi connectivity index (χ1v) is 10.5. The molecule has 4 rings (SSSR count). The summed E-state index contributed by atoms with van der Waals surface area (Å²) < 4.78 is 39.0. The molecule has 0 nitrogen and oxygen atoms in total. The van der Waals surface area contributed by atoms with E-state index in [1.54, 1.807) is 0 Å². The highest BCUT2D eigenvalue weighted by Gasteiger charge is 2.38. The van der Waals surface area contributed by atoms with Gasteiger partial charge in [0.25, 0.3) is 0 Å². The summed E-state index contributed by atoms with van der Waals surface area (Å²) in [6.45, 7) is 0. The maximum absolute atomic E-state index is 9.75. The Hall–Kier alpha value is -2.91. The number of hydrogen-bond donors (Lipinski definition) is 0. The molecule has 0 aromatic heterocycles. The number of hydrogen-bond acceptors (Lipinski definition) is 0. The van der Waals surface area contributed by atoms with Gasteiger partial charge in [-0.3, -0.25) is 0 Å². The first-order chi connectivity index (χ1) is 14.8. The van der Waals surface area contributed by atoms with Crippen LogP contribution in [0.1, 0.15) is 16.7 Å². The second-order valence-corrected chi connectivity index (χ2v) is 8.10. The maximum Gasteiger partial charge on any atom is 0.673 e. The van der Waals surface area contributed by atoms with Crippen molar-refractivity contribution in [3.05, 3.63) is 132 Å². The van der Waals surface area contributed by atoms with E-state index in [1.807, 2.05) is 0 Å². The zero-order valence-electron chi connectivity index (χ0n) is 16.8. The van der Waals surface area contributed by atoms with Crippen LogP contribution in [-0.2, 0) is 5.16 Å². The fourth-order valence-electron chi connectivity index (χ4n) is 3.65. The summed E-state index contributed by atoms with van der Waals surface area (Å²) in [6, 6.07) is 41.1. The van der Waals surface area contributed by atoms with Crippen LogP contribution in [0.15, 0.2) is 115 Å². The van der Waals surface area contributed by atoms with Crippen molar-refractivity contribution in [1.29, 1.82) is 0 Å². The predicted molar refractivity (Wildman–Crippen MR) is 126 cm³/mol. The van der Waals surface area contributed by atoms with E-state index >= 15 is 0 Å². The molecule has 0 fully saturated rings. The van der Waals surface area contributed by atoms with Gasteiger partial charge in [-0.25, -0.2) is 0 Å². The highest BCUT2D eigenvalue weighted by Crippen LogP contribution is 2.48. The smallest absolute Gasteiger partial charge is 0.418 e. The SMILES string of the molecule is F[B-](F)(F)F.[PH3+]C(c1ccccc1)(c1ccccc1)c1ccccc1-c1ccccc1. The van der Waals surface area contributed by atoms with E-state index in [9.17, 15) is 17.3 Å². The second kappa shape index (κ2) is 9.93. The van der Waals surface area contributed by atoms with Crippen LogP contribution < -0.4 is 0 Å². The molecule has 1 unspecified atom stereocenters. The van der Waals surface area contributed by atoms with Crippen molar-refractivity contribution in [2.24, 2.45) is 0 Å². The molecule has 0 aliphatic heterocycles. The molecule has 31 heavy (non-hydrogen) atoms. The van der Waals surface area contributed by atoms with Crippen LogP contribution >= 0.6 is 9.24 Å². The van der Waals surface area contributed by atoms with Gasteiger partial charge in [0.05, 0.1) is 0 Å². The highest BCUT2D eigenvalue weighted by molar-refractivity contribution is 7.19. The van der Waals surface area contributed by atoms with Gasteiger partial charge in [-0.1, -0.05) is 115 Å². The molecule has 0 radical (unpaired) electrons. The van der Waals surface area contributed by atoms with Gasteiger partial charge in [-0.15, -0.1) is 0 Å². The van der Waals surface area contributed by atoms with Crippen LogP contribution in [0.2, 0.25) is 0 Å². The zero-order chi connectivity index (χ0) is 22.3. The molecule has 0 saturated heterocycles. The minimum atomic E-state index is -6.00. The van der Waals surface area contributed by atoms with Crippen molar-refractivity contribution in [3.8, 4) is 11.1 Å². The Bertz CT molecular complexity index is 1040. The van der Waals surface area contributed by atoms with Gasteiger partial charge in [0.2, 0.25) is 0 Å². The molecule has 1 atom stereocenters. The molecule has 0 N–H and O–H groups in total. The van der Waals surface area contributed by atoms with Crippen LogP contribution in [0.25, 0.3) is 11.1 Å². The Morgan fingerprint density at radius 1 is 0.516 bits per heavy atom. The van der Waals surface area contributed by atoms with Crippen molar-refractivity contribution in [2.45, 2.75) is 5.16 Å². The van der Waals surface area contributed by atoms with Gasteiger partial charge < -0.3 is 17.3 Å². The molecule has 158 valence electrons. The Kier molecular flexibility index (Phi) is 7.30. The Balaban J connectivity index is 0.000000491. The minimum absolute atomic E-state index is 0.199. The third kappa shape index (κ3) is 5.83. The second-order valence-electron chi connectivity index (χ2n) is 7.04. The molecule has 6 heteroatoms. The fourth-order valence-corrected chi connectivity index (χ4v) is 4.43. The van der Waals surface area contributed by atoms with Crippen molar-refractivity contribution in [2.75, 3.05) is 0 Å². The summed E-state index contributed by atoms with van der Waals surface area (Å²) >= 11 is 0. The average Bonchev–Trinajstić information content (AvgIpc) is 2.79. The van der Waals surface area contributed by atoms with Crippen molar-refractivity contribution in [3.63, 3.8) is 0 Å². The quantitative estimate of drug-likeness (QED) is 0.133. The molecule has 0 bridgehead atoms. The van der Waals surface area contributed by atoms with E-state index in [2.05, 4.69) is 125 Å². The van der Waals surface area contributed by atoms with E-state index in [1.165, 1.54) is 27.8 Å². The summed E-state index contributed by atoms with van der Waals surface area (Å²) in [6.07, 6.45) is 0. The zero-order valence-corrected chi connectivity index (χ0v) is 18.2. The van der Waals surface area contributed by atoms with Gasteiger partial charge in [0.15, 0.2) is 0 Å². The standard InChI is InChI=1S/C25H21P.BF4/c26-25(21-14-6-2-7-15-21,22-16-8-3-9-17-22)24-19-11-10-18-23(24)20-12-4-1-5-13-20;2-1(3,4)5/h1-19H,26H2;/q;-1/p+1. The number of halogens is 4. The van der Waals surface area contributed by atoms with Gasteiger partial charge in [0.1, 0.15) is 5.16 Å². The summed E-state index contributed by atoms with van der Waals surface area (Å²) in [7, 11) is -3.94. The lowest BCUT2D eigenvalue weighted by Crippen LogP contribution is -2.22. The first-order valence-electron chi connectivity index (χ1n) is 9.79. The maximum atomic E-state index is 9.75. The minimum Gasteiger partial charge on any atom is -0.418 e. The van der Waals surface area contributed by atoms with E-state index in [0.717, 1.165) is 0 Å². The van der Waals surface area contributed by atoms with Crippen molar-refractivity contribution < 1.29 is 17.3 Å².